The topological polar surface area (TPSA) is 100 Å². The predicted molar refractivity (Wildman–Crippen MR) is 135 cm³/mol. The number of hydroxylamine groups is 1. The number of carbonyl (C=O) groups is 2. The Hall–Kier alpha value is -2.27. The Morgan fingerprint density at radius 2 is 2.03 bits per heavy atom. The summed E-state index contributed by atoms with van der Waals surface area (Å²) in [5, 5.41) is 16.9. The van der Waals surface area contributed by atoms with E-state index in [9.17, 15) is 14.0 Å². The van der Waals surface area contributed by atoms with Crippen LogP contribution in [0.25, 0.3) is 6.08 Å². The molecule has 1 saturated carbocycles. The van der Waals surface area contributed by atoms with Gasteiger partial charge in [0.25, 0.3) is 0 Å². The highest BCUT2D eigenvalue weighted by molar-refractivity contribution is 7.81. The van der Waals surface area contributed by atoms with Gasteiger partial charge in [0.15, 0.2) is 5.78 Å². The number of hydrogen-bond acceptors (Lipinski definition) is 7. The van der Waals surface area contributed by atoms with Gasteiger partial charge in [-0.3, -0.25) is 24.4 Å². The summed E-state index contributed by atoms with van der Waals surface area (Å²) in [5.74, 6) is -0.629. The molecule has 0 spiro atoms. The summed E-state index contributed by atoms with van der Waals surface area (Å²) in [6.45, 7) is 1.78. The fourth-order valence-corrected chi connectivity index (χ4v) is 4.64. The van der Waals surface area contributed by atoms with Crippen molar-refractivity contribution < 1.29 is 19.2 Å². The number of hydrogen-bond donors (Lipinski definition) is 3. The van der Waals surface area contributed by atoms with Crippen LogP contribution in [0.4, 0.5) is 4.39 Å². The van der Waals surface area contributed by atoms with Gasteiger partial charge in [0, 0.05) is 42.8 Å². The van der Waals surface area contributed by atoms with Crippen LogP contribution in [0.1, 0.15) is 55.8 Å². The molecule has 1 aromatic carbocycles. The number of likely N-dealkylation sites (tertiary alicyclic amines) is 1. The molecule has 1 aliphatic carbocycles. The number of benzene rings is 1. The minimum absolute atomic E-state index is 0. The number of thiol groups is 1. The van der Waals surface area contributed by atoms with Crippen LogP contribution in [-0.2, 0) is 16.1 Å². The highest BCUT2D eigenvalue weighted by Crippen LogP contribution is 2.39. The van der Waals surface area contributed by atoms with E-state index in [-0.39, 0.29) is 41.6 Å². The summed E-state index contributed by atoms with van der Waals surface area (Å²) in [5.41, 5.74) is 3.78. The number of nitrogens with zero attached hydrogens (tertiary/aromatic N) is 4. The molecule has 0 bridgehead atoms. The van der Waals surface area contributed by atoms with Crippen LogP contribution in [0.15, 0.2) is 36.0 Å². The number of carbonyl (C=O) groups excluding carboxylic acids is 2. The molecule has 2 fully saturated rings. The van der Waals surface area contributed by atoms with E-state index in [1.165, 1.54) is 6.07 Å². The van der Waals surface area contributed by atoms with Crippen molar-refractivity contribution >= 4 is 42.8 Å². The third-order valence-corrected chi connectivity index (χ3v) is 6.96. The van der Waals surface area contributed by atoms with Crippen LogP contribution in [0.2, 0.25) is 0 Å². The molecule has 2 aliphatic rings. The van der Waals surface area contributed by atoms with Crippen LogP contribution in [0, 0.1) is 11.7 Å². The number of Topliss-reactive ketones (excluding diaryl/α,β-unsaturated/α-hetero) is 1. The van der Waals surface area contributed by atoms with E-state index in [1.54, 1.807) is 28.4 Å². The molecule has 2 N–H and O–H groups in total. The number of amides is 1. The molecule has 0 radical (unpaired) electrons. The second-order valence-corrected chi connectivity index (χ2v) is 9.62. The average Bonchev–Trinajstić information content (AvgIpc) is 3.60. The van der Waals surface area contributed by atoms with Crippen molar-refractivity contribution in [1.82, 2.24) is 25.4 Å². The SMILES string of the molecule is Cl.O=C(CCCCn1cc(C=C2CN(C(C(=O)C3CC3)c3ccccc3F)CCC2S)nn1)NO. The smallest absolute Gasteiger partial charge is 0.243 e. The monoisotopic (exact) mass is 523 g/mol. The highest BCUT2D eigenvalue weighted by Gasteiger charge is 2.40. The number of unbranched alkanes of at least 4 members (excludes halogenated alkanes) is 1. The number of rotatable bonds is 10. The lowest BCUT2D eigenvalue weighted by molar-refractivity contribution is -0.129. The van der Waals surface area contributed by atoms with Gasteiger partial charge in [-0.05, 0) is 49.8 Å². The summed E-state index contributed by atoms with van der Waals surface area (Å²) < 4.78 is 16.4. The van der Waals surface area contributed by atoms with E-state index < -0.39 is 11.9 Å². The number of ketones is 1. The van der Waals surface area contributed by atoms with Crippen LogP contribution >= 0.6 is 25.0 Å². The lowest BCUT2D eigenvalue weighted by Crippen LogP contribution is -2.42. The number of piperidine rings is 1. The molecular weight excluding hydrogens is 493 g/mol. The first-order valence-corrected chi connectivity index (χ1v) is 12.2. The highest BCUT2D eigenvalue weighted by atomic mass is 35.5. The van der Waals surface area contributed by atoms with Crippen LogP contribution in [0.5, 0.6) is 0 Å². The Morgan fingerprint density at radius 1 is 1.26 bits per heavy atom. The van der Waals surface area contributed by atoms with E-state index in [2.05, 4.69) is 15.2 Å². The maximum atomic E-state index is 14.7. The first-order valence-electron chi connectivity index (χ1n) is 11.7. The van der Waals surface area contributed by atoms with E-state index >= 15 is 0 Å². The number of halogens is 2. The number of aromatic nitrogens is 3. The first-order chi connectivity index (χ1) is 16.5. The van der Waals surface area contributed by atoms with Crippen molar-refractivity contribution in [1.29, 1.82) is 0 Å². The van der Waals surface area contributed by atoms with Gasteiger partial charge in [-0.1, -0.05) is 23.4 Å². The lowest BCUT2D eigenvalue weighted by atomic mass is 9.93. The number of aryl methyl sites for hydroxylation is 1. The van der Waals surface area contributed by atoms with Crippen molar-refractivity contribution in [2.75, 3.05) is 13.1 Å². The van der Waals surface area contributed by atoms with Crippen LogP contribution in [-0.4, -0.2) is 55.1 Å². The first kappa shape index (κ1) is 27.3. The maximum absolute atomic E-state index is 14.7. The Kier molecular flexibility index (Phi) is 9.85. The lowest BCUT2D eigenvalue weighted by Gasteiger charge is -2.37. The molecule has 2 aromatic rings. The van der Waals surface area contributed by atoms with Crippen molar-refractivity contribution in [2.45, 2.75) is 56.4 Å². The van der Waals surface area contributed by atoms with Crippen LogP contribution in [0.3, 0.4) is 0 Å². The second kappa shape index (κ2) is 12.6. The maximum Gasteiger partial charge on any atom is 0.243 e. The normalized spacial score (nSPS) is 20.3. The molecule has 190 valence electrons. The third-order valence-electron chi connectivity index (χ3n) is 6.37. The number of nitrogens with one attached hydrogen (secondary N) is 1. The molecular formula is C24H31ClFN5O3S. The minimum Gasteiger partial charge on any atom is -0.297 e. The zero-order chi connectivity index (χ0) is 24.1. The molecule has 1 aliphatic heterocycles. The van der Waals surface area contributed by atoms with Gasteiger partial charge in [-0.15, -0.1) is 17.5 Å². The summed E-state index contributed by atoms with van der Waals surface area (Å²) in [7, 11) is 0. The Balaban J connectivity index is 0.00000342. The molecule has 1 saturated heterocycles. The Bertz CT molecular complexity index is 1060. The summed E-state index contributed by atoms with van der Waals surface area (Å²) in [6, 6.07) is 5.96. The van der Waals surface area contributed by atoms with Crippen molar-refractivity contribution in [2.24, 2.45) is 5.92 Å². The molecule has 1 aromatic heterocycles. The fraction of sp³-hybridized carbons (Fsp3) is 0.500. The van der Waals surface area contributed by atoms with Crippen molar-refractivity contribution in [3.63, 3.8) is 0 Å². The van der Waals surface area contributed by atoms with Gasteiger partial charge in [-0.2, -0.15) is 12.6 Å². The largest absolute Gasteiger partial charge is 0.297 e. The van der Waals surface area contributed by atoms with Crippen molar-refractivity contribution in [3.05, 3.63) is 53.1 Å². The Morgan fingerprint density at radius 3 is 2.74 bits per heavy atom. The van der Waals surface area contributed by atoms with E-state index in [4.69, 9.17) is 17.8 Å². The quantitative estimate of drug-likeness (QED) is 0.190. The molecule has 2 unspecified atom stereocenters. The van der Waals surface area contributed by atoms with Gasteiger partial charge in [0.1, 0.15) is 11.5 Å². The summed E-state index contributed by atoms with van der Waals surface area (Å²) >= 11 is 4.74. The van der Waals surface area contributed by atoms with Gasteiger partial charge in [0.05, 0.1) is 12.2 Å². The summed E-state index contributed by atoms with van der Waals surface area (Å²) in [4.78, 5) is 26.3. The van der Waals surface area contributed by atoms with Gasteiger partial charge < -0.3 is 0 Å². The summed E-state index contributed by atoms with van der Waals surface area (Å²) in [6.07, 6.45) is 7.90. The molecule has 35 heavy (non-hydrogen) atoms. The average molecular weight is 524 g/mol. The zero-order valence-electron chi connectivity index (χ0n) is 19.3. The molecule has 8 nitrogen and oxygen atoms in total. The molecule has 4 rings (SSSR count). The standard InChI is InChI=1S/C24H30FN5O3S.ClH/c25-20-6-2-1-5-19(20)23(24(32)16-8-9-16)29-12-10-21(34)17(14-29)13-18-15-30(28-26-18)11-4-3-7-22(31)27-33;/h1-2,5-6,13,15-16,21,23,33-34H,3-4,7-12,14H2,(H,27,31);1H. The van der Waals surface area contributed by atoms with Gasteiger partial charge >= 0.3 is 0 Å². The fourth-order valence-electron chi connectivity index (χ4n) is 4.37. The van der Waals surface area contributed by atoms with Gasteiger partial charge in [-0.25, -0.2) is 9.87 Å². The van der Waals surface area contributed by atoms with Crippen molar-refractivity contribution in [3.8, 4) is 0 Å². The Labute approximate surface area is 215 Å². The second-order valence-electron chi connectivity index (χ2n) is 8.99. The molecule has 2 heterocycles. The molecule has 2 atom stereocenters. The molecule has 11 heteroatoms. The molecule has 1 amide bonds. The van der Waals surface area contributed by atoms with Gasteiger partial charge in [0.2, 0.25) is 5.91 Å². The third kappa shape index (κ3) is 7.13. The van der Waals surface area contributed by atoms with E-state index in [0.717, 1.165) is 31.3 Å². The van der Waals surface area contributed by atoms with Crippen LogP contribution < -0.4 is 5.48 Å². The zero-order valence-corrected chi connectivity index (χ0v) is 21.1. The minimum atomic E-state index is -0.593. The predicted octanol–water partition coefficient (Wildman–Crippen LogP) is 3.62. The van der Waals surface area contributed by atoms with E-state index in [0.29, 0.717) is 37.3 Å². The van der Waals surface area contributed by atoms with E-state index in [1.807, 2.05) is 12.3 Å².